The van der Waals surface area contributed by atoms with Crippen molar-refractivity contribution in [1.29, 1.82) is 0 Å². The van der Waals surface area contributed by atoms with Gasteiger partial charge in [0.05, 0.1) is 6.61 Å². The van der Waals surface area contributed by atoms with Gasteiger partial charge in [-0.2, -0.15) is 0 Å². The van der Waals surface area contributed by atoms with Crippen LogP contribution in [0.25, 0.3) is 0 Å². The number of rotatable bonds is 9. The minimum absolute atomic E-state index is 0.0523. The van der Waals surface area contributed by atoms with Crippen LogP contribution in [0.15, 0.2) is 54.6 Å². The van der Waals surface area contributed by atoms with Crippen molar-refractivity contribution in [3.05, 3.63) is 65.7 Å². The van der Waals surface area contributed by atoms with E-state index in [1.807, 2.05) is 6.92 Å². The summed E-state index contributed by atoms with van der Waals surface area (Å²) < 4.78 is 10.8. The van der Waals surface area contributed by atoms with Crippen LogP contribution in [0, 0.1) is 5.92 Å². The second kappa shape index (κ2) is 11.1. The number of aliphatic hydroxyl groups excluding tert-OH is 2. The van der Waals surface area contributed by atoms with Crippen molar-refractivity contribution in [2.75, 3.05) is 19.8 Å². The first-order chi connectivity index (χ1) is 13.5. The molecule has 0 radical (unpaired) electrons. The summed E-state index contributed by atoms with van der Waals surface area (Å²) in [6, 6.07) is 15.3. The standard InChI is InChI=1S/C21H25NO6/c1-15(11-12-23)19(16-7-9-18(10-8-16)27-14-13-24)28-21(26)22-20(25)17-5-3-2-4-6-17/h2-10,15,19,23-24H,11-14H2,1H3,(H,22,25,26)/t15-,19+/m1/s1. The van der Waals surface area contributed by atoms with Crippen LogP contribution in [0.2, 0.25) is 0 Å². The summed E-state index contributed by atoms with van der Waals surface area (Å²) in [6.07, 6.45) is -1.08. The molecule has 2 aromatic rings. The van der Waals surface area contributed by atoms with Crippen molar-refractivity contribution in [3.63, 3.8) is 0 Å². The fourth-order valence-corrected chi connectivity index (χ4v) is 2.68. The lowest BCUT2D eigenvalue weighted by atomic mass is 9.94. The van der Waals surface area contributed by atoms with Crippen molar-refractivity contribution in [2.45, 2.75) is 19.4 Å². The van der Waals surface area contributed by atoms with Crippen LogP contribution >= 0.6 is 0 Å². The Balaban J connectivity index is 2.08. The molecule has 2 amide bonds. The fraction of sp³-hybridized carbons (Fsp3) is 0.333. The Morgan fingerprint density at radius 2 is 1.68 bits per heavy atom. The van der Waals surface area contributed by atoms with Crippen LogP contribution in [0.3, 0.4) is 0 Å². The first-order valence-corrected chi connectivity index (χ1v) is 9.06. The SMILES string of the molecule is C[C@H](CCO)[C@H](OC(=O)NC(=O)c1ccccc1)c1ccc(OCCO)cc1. The molecular weight excluding hydrogens is 362 g/mol. The van der Waals surface area contributed by atoms with E-state index in [1.165, 1.54) is 0 Å². The Morgan fingerprint density at radius 1 is 1.00 bits per heavy atom. The van der Waals surface area contributed by atoms with E-state index in [0.29, 0.717) is 23.3 Å². The number of hydrogen-bond acceptors (Lipinski definition) is 6. The van der Waals surface area contributed by atoms with E-state index < -0.39 is 18.1 Å². The predicted molar refractivity (Wildman–Crippen MR) is 103 cm³/mol. The zero-order chi connectivity index (χ0) is 20.4. The van der Waals surface area contributed by atoms with Gasteiger partial charge in [0.15, 0.2) is 0 Å². The summed E-state index contributed by atoms with van der Waals surface area (Å²) in [5, 5.41) is 20.3. The molecule has 0 saturated heterocycles. The Labute approximate surface area is 163 Å². The molecule has 0 unspecified atom stereocenters. The number of hydrogen-bond donors (Lipinski definition) is 3. The van der Waals surface area contributed by atoms with Gasteiger partial charge >= 0.3 is 6.09 Å². The lowest BCUT2D eigenvalue weighted by Crippen LogP contribution is -2.33. The van der Waals surface area contributed by atoms with Gasteiger partial charge in [-0.25, -0.2) is 4.79 Å². The number of ether oxygens (including phenoxy) is 2. The average Bonchev–Trinajstić information content (AvgIpc) is 2.71. The molecule has 2 aromatic carbocycles. The lowest BCUT2D eigenvalue weighted by molar-refractivity contribution is 0.0545. The number of carbonyl (C=O) groups is 2. The third-order valence-electron chi connectivity index (χ3n) is 4.16. The highest BCUT2D eigenvalue weighted by molar-refractivity contribution is 6.02. The first kappa shape index (κ1) is 21.4. The van der Waals surface area contributed by atoms with Gasteiger partial charge in [-0.05, 0) is 42.2 Å². The van der Waals surface area contributed by atoms with Crippen LogP contribution < -0.4 is 10.1 Å². The van der Waals surface area contributed by atoms with Gasteiger partial charge in [0.1, 0.15) is 18.5 Å². The summed E-state index contributed by atoms with van der Waals surface area (Å²) in [5.41, 5.74) is 1.06. The van der Waals surface area contributed by atoms with Crippen molar-refractivity contribution in [1.82, 2.24) is 5.32 Å². The molecule has 28 heavy (non-hydrogen) atoms. The number of amides is 2. The van der Waals surface area contributed by atoms with Crippen LogP contribution in [0.1, 0.15) is 35.4 Å². The highest BCUT2D eigenvalue weighted by atomic mass is 16.6. The van der Waals surface area contributed by atoms with Crippen LogP contribution in [-0.4, -0.2) is 42.0 Å². The predicted octanol–water partition coefficient (Wildman–Crippen LogP) is 2.68. The molecule has 2 atom stereocenters. The molecule has 0 aliphatic rings. The number of nitrogens with one attached hydrogen (secondary N) is 1. The molecule has 0 fully saturated rings. The van der Waals surface area contributed by atoms with Crippen molar-refractivity contribution < 1.29 is 29.3 Å². The quantitative estimate of drug-likeness (QED) is 0.611. The van der Waals surface area contributed by atoms with Gasteiger partial charge in [0.25, 0.3) is 5.91 Å². The van der Waals surface area contributed by atoms with E-state index in [1.54, 1.807) is 54.6 Å². The van der Waals surface area contributed by atoms with Gasteiger partial charge < -0.3 is 19.7 Å². The van der Waals surface area contributed by atoms with Gasteiger partial charge in [-0.15, -0.1) is 0 Å². The maximum atomic E-state index is 12.3. The van der Waals surface area contributed by atoms with Gasteiger partial charge in [-0.3, -0.25) is 10.1 Å². The van der Waals surface area contributed by atoms with Crippen molar-refractivity contribution in [2.24, 2.45) is 5.92 Å². The van der Waals surface area contributed by atoms with Gasteiger partial charge in [0, 0.05) is 12.2 Å². The molecule has 0 aliphatic carbocycles. The van der Waals surface area contributed by atoms with E-state index in [-0.39, 0.29) is 25.7 Å². The molecular formula is C21H25NO6. The summed E-state index contributed by atoms with van der Waals surface area (Å²) in [5.74, 6) is -0.145. The lowest BCUT2D eigenvalue weighted by Gasteiger charge is -2.24. The molecule has 0 heterocycles. The second-order valence-corrected chi connectivity index (χ2v) is 6.28. The average molecular weight is 387 g/mol. The summed E-state index contributed by atoms with van der Waals surface area (Å²) in [6.45, 7) is 1.90. The molecule has 7 heteroatoms. The Kier molecular flexibility index (Phi) is 8.45. The summed E-state index contributed by atoms with van der Waals surface area (Å²) >= 11 is 0. The molecule has 0 bridgehead atoms. The maximum absolute atomic E-state index is 12.3. The largest absolute Gasteiger partial charge is 0.491 e. The molecule has 2 rings (SSSR count). The Morgan fingerprint density at radius 3 is 2.29 bits per heavy atom. The minimum atomic E-state index is -0.857. The molecule has 3 N–H and O–H groups in total. The number of benzene rings is 2. The number of carbonyl (C=O) groups excluding carboxylic acids is 2. The molecule has 0 aromatic heterocycles. The first-order valence-electron chi connectivity index (χ1n) is 9.06. The third kappa shape index (κ3) is 6.37. The topological polar surface area (TPSA) is 105 Å². The van der Waals surface area contributed by atoms with Crippen LogP contribution in [0.4, 0.5) is 4.79 Å². The monoisotopic (exact) mass is 387 g/mol. The van der Waals surface area contributed by atoms with Gasteiger partial charge in [-0.1, -0.05) is 37.3 Å². The van der Waals surface area contributed by atoms with Crippen molar-refractivity contribution in [3.8, 4) is 5.75 Å². The number of imide groups is 1. The van der Waals surface area contributed by atoms with E-state index >= 15 is 0 Å². The third-order valence-corrected chi connectivity index (χ3v) is 4.16. The molecule has 0 saturated carbocycles. The zero-order valence-corrected chi connectivity index (χ0v) is 15.7. The van der Waals surface area contributed by atoms with Gasteiger partial charge in [0.2, 0.25) is 0 Å². The van der Waals surface area contributed by atoms with Crippen LogP contribution in [-0.2, 0) is 4.74 Å². The molecule has 150 valence electrons. The Hall–Kier alpha value is -2.90. The van der Waals surface area contributed by atoms with E-state index in [0.717, 1.165) is 0 Å². The molecule has 7 nitrogen and oxygen atoms in total. The Bertz CT molecular complexity index is 747. The number of alkyl carbamates (subject to hydrolysis) is 1. The fourth-order valence-electron chi connectivity index (χ4n) is 2.68. The van der Waals surface area contributed by atoms with E-state index in [4.69, 9.17) is 14.6 Å². The smallest absolute Gasteiger partial charge is 0.414 e. The van der Waals surface area contributed by atoms with Crippen LogP contribution in [0.5, 0.6) is 5.75 Å². The highest BCUT2D eigenvalue weighted by Crippen LogP contribution is 2.29. The zero-order valence-electron chi connectivity index (χ0n) is 15.7. The minimum Gasteiger partial charge on any atom is -0.491 e. The summed E-state index contributed by atoms with van der Waals surface area (Å²) in [4.78, 5) is 24.4. The maximum Gasteiger partial charge on any atom is 0.414 e. The summed E-state index contributed by atoms with van der Waals surface area (Å²) in [7, 11) is 0. The second-order valence-electron chi connectivity index (χ2n) is 6.28. The number of aliphatic hydroxyl groups is 2. The normalized spacial score (nSPS) is 12.7. The molecule has 0 aliphatic heterocycles. The van der Waals surface area contributed by atoms with E-state index in [9.17, 15) is 14.7 Å². The highest BCUT2D eigenvalue weighted by Gasteiger charge is 2.24. The van der Waals surface area contributed by atoms with Crippen molar-refractivity contribution >= 4 is 12.0 Å². The van der Waals surface area contributed by atoms with E-state index in [2.05, 4.69) is 5.32 Å². The molecule has 0 spiro atoms.